The largest absolute Gasteiger partial charge is 0.371 e. The Balaban J connectivity index is 2.67. The van der Waals surface area contributed by atoms with E-state index in [1.54, 1.807) is 19.0 Å². The molecule has 0 unspecified atom stereocenters. The quantitative estimate of drug-likeness (QED) is 0.816. The van der Waals surface area contributed by atoms with E-state index in [4.69, 9.17) is 5.73 Å². The van der Waals surface area contributed by atoms with Gasteiger partial charge in [-0.15, -0.1) is 0 Å². The second-order valence-corrected chi connectivity index (χ2v) is 4.90. The van der Waals surface area contributed by atoms with Crippen molar-refractivity contribution in [2.45, 2.75) is 26.3 Å². The van der Waals surface area contributed by atoms with Crippen LogP contribution in [0.3, 0.4) is 0 Å². The monoisotopic (exact) mass is 263 g/mol. The molecule has 1 rings (SSSR count). The summed E-state index contributed by atoms with van der Waals surface area (Å²) in [6, 6.07) is 8.26. The van der Waals surface area contributed by atoms with Crippen molar-refractivity contribution < 1.29 is 4.79 Å². The molecule has 0 aliphatic heterocycles. The molecule has 0 atom stereocenters. The van der Waals surface area contributed by atoms with Gasteiger partial charge in [0, 0.05) is 45.8 Å². The summed E-state index contributed by atoms with van der Waals surface area (Å²) in [5.74, 6) is 0.166. The predicted molar refractivity (Wildman–Crippen MR) is 80.1 cm³/mol. The fourth-order valence-electron chi connectivity index (χ4n) is 1.94. The van der Waals surface area contributed by atoms with Crippen LogP contribution in [-0.4, -0.2) is 38.0 Å². The van der Waals surface area contributed by atoms with Gasteiger partial charge in [-0.2, -0.15) is 0 Å². The van der Waals surface area contributed by atoms with E-state index in [9.17, 15) is 4.79 Å². The second kappa shape index (κ2) is 7.79. The third-order valence-corrected chi connectivity index (χ3v) is 3.13. The lowest BCUT2D eigenvalue weighted by atomic mass is 10.2. The second-order valence-electron chi connectivity index (χ2n) is 4.90. The lowest BCUT2D eigenvalue weighted by molar-refractivity contribution is -0.128. The molecule has 2 N–H and O–H groups in total. The van der Waals surface area contributed by atoms with Gasteiger partial charge >= 0.3 is 0 Å². The summed E-state index contributed by atoms with van der Waals surface area (Å²) in [7, 11) is 3.59. The van der Waals surface area contributed by atoms with Crippen LogP contribution in [0.25, 0.3) is 0 Å². The molecule has 1 amide bonds. The van der Waals surface area contributed by atoms with Crippen LogP contribution in [-0.2, 0) is 11.3 Å². The van der Waals surface area contributed by atoms with Crippen molar-refractivity contribution in [2.24, 2.45) is 5.73 Å². The normalized spacial score (nSPS) is 10.3. The Hall–Kier alpha value is -1.55. The maximum absolute atomic E-state index is 11.7. The highest BCUT2D eigenvalue weighted by atomic mass is 16.2. The molecule has 0 aromatic heterocycles. The molecule has 106 valence electrons. The molecule has 1 aromatic rings. The third-order valence-electron chi connectivity index (χ3n) is 3.13. The number of hydrogen-bond acceptors (Lipinski definition) is 3. The van der Waals surface area contributed by atoms with Crippen LogP contribution in [0.4, 0.5) is 5.69 Å². The average molecular weight is 263 g/mol. The smallest absolute Gasteiger partial charge is 0.223 e. The van der Waals surface area contributed by atoms with E-state index >= 15 is 0 Å². The summed E-state index contributed by atoms with van der Waals surface area (Å²) in [6.07, 6.45) is 1.61. The first-order valence-corrected chi connectivity index (χ1v) is 6.82. The number of carbonyl (C=O) groups is 1. The van der Waals surface area contributed by atoms with Gasteiger partial charge in [0.15, 0.2) is 0 Å². The number of rotatable bonds is 7. The first-order valence-electron chi connectivity index (χ1n) is 6.82. The predicted octanol–water partition coefficient (Wildman–Crippen LogP) is 1.84. The summed E-state index contributed by atoms with van der Waals surface area (Å²) in [5, 5.41) is 0. The standard InChI is InChI=1S/C15H25N3O/c1-4-10-18(11-9-15(19)17(2)3)14-7-5-13(12-16)6-8-14/h5-8H,4,9-12,16H2,1-3H3. The lowest BCUT2D eigenvalue weighted by Crippen LogP contribution is -2.30. The van der Waals surface area contributed by atoms with Crippen LogP contribution in [0.2, 0.25) is 0 Å². The summed E-state index contributed by atoms with van der Waals surface area (Å²) in [6.45, 7) is 4.43. The van der Waals surface area contributed by atoms with Crippen LogP contribution in [0.15, 0.2) is 24.3 Å². The molecule has 19 heavy (non-hydrogen) atoms. The van der Waals surface area contributed by atoms with E-state index in [0.29, 0.717) is 13.0 Å². The molecular weight excluding hydrogens is 238 g/mol. The Morgan fingerprint density at radius 3 is 2.26 bits per heavy atom. The molecule has 0 saturated carbocycles. The third kappa shape index (κ3) is 4.91. The van der Waals surface area contributed by atoms with E-state index in [1.165, 1.54) is 0 Å². The van der Waals surface area contributed by atoms with Crippen molar-refractivity contribution in [3.05, 3.63) is 29.8 Å². The molecular formula is C15H25N3O. The van der Waals surface area contributed by atoms with Crippen LogP contribution in [0.5, 0.6) is 0 Å². The maximum atomic E-state index is 11.7. The van der Waals surface area contributed by atoms with Crippen LogP contribution in [0, 0.1) is 0 Å². The number of anilines is 1. The first kappa shape index (κ1) is 15.5. The Kier molecular flexibility index (Phi) is 6.36. The SMILES string of the molecule is CCCN(CCC(=O)N(C)C)c1ccc(CN)cc1. The minimum Gasteiger partial charge on any atom is -0.371 e. The van der Waals surface area contributed by atoms with Crippen molar-refractivity contribution in [1.29, 1.82) is 0 Å². The molecule has 0 aliphatic rings. The number of carbonyl (C=O) groups excluding carboxylic acids is 1. The number of hydrogen-bond donors (Lipinski definition) is 1. The molecule has 4 heteroatoms. The van der Waals surface area contributed by atoms with E-state index in [0.717, 1.165) is 30.8 Å². The molecule has 0 saturated heterocycles. The summed E-state index contributed by atoms with van der Waals surface area (Å²) < 4.78 is 0. The zero-order valence-electron chi connectivity index (χ0n) is 12.2. The van der Waals surface area contributed by atoms with Gasteiger partial charge in [0.05, 0.1) is 0 Å². The fraction of sp³-hybridized carbons (Fsp3) is 0.533. The Labute approximate surface area is 116 Å². The zero-order valence-corrected chi connectivity index (χ0v) is 12.2. The van der Waals surface area contributed by atoms with Crippen molar-refractivity contribution in [3.8, 4) is 0 Å². The first-order chi connectivity index (χ1) is 9.08. The van der Waals surface area contributed by atoms with Gasteiger partial charge in [0.1, 0.15) is 0 Å². The summed E-state index contributed by atoms with van der Waals surface area (Å²) in [5.41, 5.74) is 7.89. The topological polar surface area (TPSA) is 49.6 Å². The molecule has 0 bridgehead atoms. The number of nitrogens with zero attached hydrogens (tertiary/aromatic N) is 2. The molecule has 0 fully saturated rings. The van der Waals surface area contributed by atoms with Crippen molar-refractivity contribution in [3.63, 3.8) is 0 Å². The number of amides is 1. The van der Waals surface area contributed by atoms with Gasteiger partial charge in [-0.1, -0.05) is 19.1 Å². The molecule has 0 spiro atoms. The van der Waals surface area contributed by atoms with Crippen molar-refractivity contribution in [2.75, 3.05) is 32.1 Å². The highest BCUT2D eigenvalue weighted by Crippen LogP contribution is 2.16. The Morgan fingerprint density at radius 2 is 1.79 bits per heavy atom. The van der Waals surface area contributed by atoms with E-state index in [-0.39, 0.29) is 5.91 Å². The zero-order chi connectivity index (χ0) is 14.3. The van der Waals surface area contributed by atoms with Gasteiger partial charge in [0.2, 0.25) is 5.91 Å². The number of nitrogens with two attached hydrogens (primary N) is 1. The van der Waals surface area contributed by atoms with Gasteiger partial charge in [-0.25, -0.2) is 0 Å². The molecule has 4 nitrogen and oxygen atoms in total. The van der Waals surface area contributed by atoms with E-state index in [1.807, 2.05) is 12.1 Å². The van der Waals surface area contributed by atoms with Gasteiger partial charge in [0.25, 0.3) is 0 Å². The maximum Gasteiger partial charge on any atom is 0.223 e. The Morgan fingerprint density at radius 1 is 1.16 bits per heavy atom. The van der Waals surface area contributed by atoms with E-state index in [2.05, 4.69) is 24.0 Å². The van der Waals surface area contributed by atoms with Gasteiger partial charge in [-0.05, 0) is 24.1 Å². The van der Waals surface area contributed by atoms with Crippen molar-refractivity contribution in [1.82, 2.24) is 4.90 Å². The highest BCUT2D eigenvalue weighted by Gasteiger charge is 2.09. The highest BCUT2D eigenvalue weighted by molar-refractivity contribution is 5.76. The van der Waals surface area contributed by atoms with Gasteiger partial charge in [-0.3, -0.25) is 4.79 Å². The fourth-order valence-corrected chi connectivity index (χ4v) is 1.94. The minimum absolute atomic E-state index is 0.166. The Bertz CT molecular complexity index is 387. The minimum atomic E-state index is 0.166. The van der Waals surface area contributed by atoms with Crippen LogP contribution >= 0.6 is 0 Å². The number of benzene rings is 1. The van der Waals surface area contributed by atoms with Crippen LogP contribution < -0.4 is 10.6 Å². The van der Waals surface area contributed by atoms with Crippen LogP contribution in [0.1, 0.15) is 25.3 Å². The molecule has 1 aromatic carbocycles. The van der Waals surface area contributed by atoms with E-state index < -0.39 is 0 Å². The van der Waals surface area contributed by atoms with Gasteiger partial charge < -0.3 is 15.5 Å². The lowest BCUT2D eigenvalue weighted by Gasteiger charge is -2.25. The molecule has 0 aliphatic carbocycles. The summed E-state index contributed by atoms with van der Waals surface area (Å²) >= 11 is 0. The molecule has 0 heterocycles. The van der Waals surface area contributed by atoms with Crippen molar-refractivity contribution >= 4 is 11.6 Å². The summed E-state index contributed by atoms with van der Waals surface area (Å²) in [4.78, 5) is 15.6. The molecule has 0 radical (unpaired) electrons. The average Bonchev–Trinajstić information content (AvgIpc) is 2.43.